The quantitative estimate of drug-likeness (QED) is 0.762. The third-order valence-corrected chi connectivity index (χ3v) is 2.99. The van der Waals surface area contributed by atoms with Gasteiger partial charge in [-0.2, -0.15) is 0 Å². The van der Waals surface area contributed by atoms with Crippen molar-refractivity contribution >= 4 is 23.5 Å². The molecule has 0 spiro atoms. The number of benzene rings is 1. The fourth-order valence-corrected chi connectivity index (χ4v) is 1.86. The van der Waals surface area contributed by atoms with Crippen molar-refractivity contribution in [1.82, 2.24) is 0 Å². The third-order valence-electron chi connectivity index (χ3n) is 2.74. The van der Waals surface area contributed by atoms with E-state index in [2.05, 4.69) is 6.08 Å². The standard InChI is InChI=1S/C15H13ClO/c1-10-7-14(11(2)17)9-13(10)8-12-3-5-15(16)6-4-12/h3-9H,1-2H3/b13-8+. The van der Waals surface area contributed by atoms with E-state index in [1.807, 2.05) is 43.3 Å². The number of hydrogen-bond donors (Lipinski definition) is 0. The Morgan fingerprint density at radius 2 is 1.82 bits per heavy atom. The lowest BCUT2D eigenvalue weighted by molar-refractivity contribution is -0.113. The molecule has 1 aliphatic rings. The highest BCUT2D eigenvalue weighted by Gasteiger charge is 2.11. The molecule has 0 heterocycles. The SMILES string of the molecule is CC(=O)C1=C/C(=C\c2ccc(Cl)cc2)C(C)=C1. The molecule has 0 saturated carbocycles. The number of halogens is 1. The van der Waals surface area contributed by atoms with Crippen molar-refractivity contribution in [3.63, 3.8) is 0 Å². The van der Waals surface area contributed by atoms with Crippen LogP contribution in [0.2, 0.25) is 5.02 Å². The van der Waals surface area contributed by atoms with Gasteiger partial charge in [-0.15, -0.1) is 0 Å². The highest BCUT2D eigenvalue weighted by molar-refractivity contribution is 6.30. The second-order valence-corrected chi connectivity index (χ2v) is 4.57. The van der Waals surface area contributed by atoms with Gasteiger partial charge in [0, 0.05) is 10.6 Å². The normalized spacial score (nSPS) is 17.0. The minimum Gasteiger partial charge on any atom is -0.295 e. The molecule has 0 aromatic heterocycles. The van der Waals surface area contributed by atoms with Crippen LogP contribution in [0.3, 0.4) is 0 Å². The molecule has 2 rings (SSSR count). The van der Waals surface area contributed by atoms with Gasteiger partial charge in [0.15, 0.2) is 5.78 Å². The molecule has 0 atom stereocenters. The summed E-state index contributed by atoms with van der Waals surface area (Å²) < 4.78 is 0. The van der Waals surface area contributed by atoms with Crippen LogP contribution in [0.15, 0.2) is 53.1 Å². The average molecular weight is 245 g/mol. The molecule has 0 aliphatic heterocycles. The summed E-state index contributed by atoms with van der Waals surface area (Å²) in [5, 5.41) is 0.728. The second-order valence-electron chi connectivity index (χ2n) is 4.13. The van der Waals surface area contributed by atoms with Gasteiger partial charge < -0.3 is 0 Å². The maximum atomic E-state index is 11.3. The van der Waals surface area contributed by atoms with E-state index in [0.717, 1.165) is 27.3 Å². The van der Waals surface area contributed by atoms with Crippen molar-refractivity contribution in [3.05, 3.63) is 63.7 Å². The monoisotopic (exact) mass is 244 g/mol. The Labute approximate surface area is 106 Å². The maximum Gasteiger partial charge on any atom is 0.159 e. The molecule has 1 aromatic rings. The average Bonchev–Trinajstić information content (AvgIpc) is 2.64. The largest absolute Gasteiger partial charge is 0.295 e. The molecule has 1 aromatic carbocycles. The van der Waals surface area contributed by atoms with Gasteiger partial charge in [0.25, 0.3) is 0 Å². The fraction of sp³-hybridized carbons (Fsp3) is 0.133. The number of rotatable bonds is 2. The van der Waals surface area contributed by atoms with Gasteiger partial charge in [-0.05, 0) is 60.9 Å². The van der Waals surface area contributed by atoms with E-state index in [0.29, 0.717) is 0 Å². The summed E-state index contributed by atoms with van der Waals surface area (Å²) in [6.07, 6.45) is 5.90. The van der Waals surface area contributed by atoms with Crippen molar-refractivity contribution in [2.24, 2.45) is 0 Å². The van der Waals surface area contributed by atoms with E-state index in [-0.39, 0.29) is 5.78 Å². The lowest BCUT2D eigenvalue weighted by atomic mass is 10.1. The fourth-order valence-electron chi connectivity index (χ4n) is 1.74. The number of ketones is 1. The predicted molar refractivity (Wildman–Crippen MR) is 72.0 cm³/mol. The minimum absolute atomic E-state index is 0.101. The van der Waals surface area contributed by atoms with E-state index >= 15 is 0 Å². The van der Waals surface area contributed by atoms with Gasteiger partial charge >= 0.3 is 0 Å². The zero-order valence-corrected chi connectivity index (χ0v) is 10.6. The van der Waals surface area contributed by atoms with E-state index in [4.69, 9.17) is 11.6 Å². The number of Topliss-reactive ketones (excluding diaryl/α,β-unsaturated/α-hetero) is 1. The Morgan fingerprint density at radius 3 is 2.35 bits per heavy atom. The van der Waals surface area contributed by atoms with Gasteiger partial charge in [-0.3, -0.25) is 4.79 Å². The molecule has 2 heteroatoms. The first-order valence-corrected chi connectivity index (χ1v) is 5.82. The first kappa shape index (κ1) is 11.9. The van der Waals surface area contributed by atoms with Crippen LogP contribution in [0.1, 0.15) is 19.4 Å². The third kappa shape index (κ3) is 2.75. The van der Waals surface area contributed by atoms with Crippen LogP contribution in [-0.4, -0.2) is 5.78 Å². The van der Waals surface area contributed by atoms with Crippen LogP contribution in [0.4, 0.5) is 0 Å². The molecule has 0 amide bonds. The Kier molecular flexibility index (Phi) is 3.30. The van der Waals surface area contributed by atoms with Gasteiger partial charge in [-0.1, -0.05) is 23.7 Å². The van der Waals surface area contributed by atoms with Crippen molar-refractivity contribution < 1.29 is 4.79 Å². The van der Waals surface area contributed by atoms with E-state index < -0.39 is 0 Å². The smallest absolute Gasteiger partial charge is 0.159 e. The molecule has 0 N–H and O–H groups in total. The van der Waals surface area contributed by atoms with Crippen molar-refractivity contribution in [2.45, 2.75) is 13.8 Å². The Balaban J connectivity index is 2.33. The molecular weight excluding hydrogens is 232 g/mol. The summed E-state index contributed by atoms with van der Waals surface area (Å²) >= 11 is 5.83. The van der Waals surface area contributed by atoms with Crippen LogP contribution < -0.4 is 0 Å². The lowest BCUT2D eigenvalue weighted by Crippen LogP contribution is -1.89. The molecule has 17 heavy (non-hydrogen) atoms. The van der Waals surface area contributed by atoms with Crippen molar-refractivity contribution in [3.8, 4) is 0 Å². The predicted octanol–water partition coefficient (Wildman–Crippen LogP) is 4.20. The number of carbonyl (C=O) groups is 1. The molecule has 0 unspecified atom stereocenters. The molecule has 0 fully saturated rings. The lowest BCUT2D eigenvalue weighted by Gasteiger charge is -1.98. The summed E-state index contributed by atoms with van der Waals surface area (Å²) in [4.78, 5) is 11.3. The number of carbonyl (C=O) groups excluding carboxylic acids is 1. The zero-order valence-electron chi connectivity index (χ0n) is 9.83. The van der Waals surface area contributed by atoms with Crippen molar-refractivity contribution in [1.29, 1.82) is 0 Å². The van der Waals surface area contributed by atoms with E-state index in [1.54, 1.807) is 6.92 Å². The van der Waals surface area contributed by atoms with Crippen LogP contribution in [0.5, 0.6) is 0 Å². The molecular formula is C15H13ClO. The molecule has 1 aliphatic carbocycles. The Bertz CT molecular complexity index is 545. The summed E-state index contributed by atoms with van der Waals surface area (Å²) in [5.74, 6) is 0.101. The van der Waals surface area contributed by atoms with Crippen LogP contribution in [-0.2, 0) is 4.79 Å². The van der Waals surface area contributed by atoms with Gasteiger partial charge in [0.1, 0.15) is 0 Å². The van der Waals surface area contributed by atoms with E-state index in [9.17, 15) is 4.79 Å². The molecule has 1 nitrogen and oxygen atoms in total. The van der Waals surface area contributed by atoms with Crippen LogP contribution in [0, 0.1) is 0 Å². The summed E-state index contributed by atoms with van der Waals surface area (Å²) in [5.41, 5.74) is 4.04. The Morgan fingerprint density at radius 1 is 1.18 bits per heavy atom. The topological polar surface area (TPSA) is 17.1 Å². The van der Waals surface area contributed by atoms with Crippen LogP contribution in [0.25, 0.3) is 6.08 Å². The molecule has 0 bridgehead atoms. The molecule has 86 valence electrons. The molecule has 0 radical (unpaired) electrons. The minimum atomic E-state index is 0.101. The van der Waals surface area contributed by atoms with Crippen LogP contribution >= 0.6 is 11.6 Å². The summed E-state index contributed by atoms with van der Waals surface area (Å²) in [7, 11) is 0. The zero-order chi connectivity index (χ0) is 12.4. The number of hydrogen-bond acceptors (Lipinski definition) is 1. The maximum absolute atomic E-state index is 11.3. The number of allylic oxidation sites excluding steroid dienone is 5. The van der Waals surface area contributed by atoms with Gasteiger partial charge in [-0.25, -0.2) is 0 Å². The van der Waals surface area contributed by atoms with Crippen molar-refractivity contribution in [2.75, 3.05) is 0 Å². The summed E-state index contributed by atoms with van der Waals surface area (Å²) in [6.45, 7) is 3.59. The first-order valence-electron chi connectivity index (χ1n) is 5.45. The van der Waals surface area contributed by atoms with Gasteiger partial charge in [0.05, 0.1) is 0 Å². The Hall–Kier alpha value is -1.60. The van der Waals surface area contributed by atoms with Gasteiger partial charge in [0.2, 0.25) is 0 Å². The first-order chi connectivity index (χ1) is 8.06. The molecule has 0 saturated heterocycles. The highest BCUT2D eigenvalue weighted by Crippen LogP contribution is 2.26. The highest BCUT2D eigenvalue weighted by atomic mass is 35.5. The summed E-state index contributed by atoms with van der Waals surface area (Å²) in [6, 6.07) is 7.64. The second kappa shape index (κ2) is 4.72. The van der Waals surface area contributed by atoms with E-state index in [1.165, 1.54) is 0 Å².